The lowest BCUT2D eigenvalue weighted by atomic mass is 9.95. The van der Waals surface area contributed by atoms with E-state index in [1.54, 1.807) is 0 Å². The van der Waals surface area contributed by atoms with Crippen molar-refractivity contribution in [3.05, 3.63) is 29.3 Å². The van der Waals surface area contributed by atoms with Gasteiger partial charge in [-0.3, -0.25) is 4.79 Å². The van der Waals surface area contributed by atoms with Gasteiger partial charge in [-0.25, -0.2) is 13.6 Å². The molecule has 1 aromatic rings. The Balaban J connectivity index is 2.22. The molecule has 0 bridgehead atoms. The maximum Gasteiger partial charge on any atom is 0.335 e. The zero-order valence-electron chi connectivity index (χ0n) is 10.6. The second kappa shape index (κ2) is 5.44. The number of carbonyl (C=O) groups is 2. The van der Waals surface area contributed by atoms with Crippen molar-refractivity contribution < 1.29 is 23.5 Å². The number of nitrogens with two attached hydrogens (primary N) is 1. The number of aromatic carboxylic acids is 1. The Labute approximate surface area is 114 Å². The number of amides is 1. The quantitative estimate of drug-likeness (QED) is 0.878. The zero-order valence-corrected chi connectivity index (χ0v) is 10.6. The SMILES string of the molecule is NC(=O)C1CCN(c2c(F)cc(C(=O)O)cc2F)CC1. The average molecular weight is 284 g/mol. The third-order valence-corrected chi connectivity index (χ3v) is 3.48. The van der Waals surface area contributed by atoms with E-state index in [2.05, 4.69) is 0 Å². The van der Waals surface area contributed by atoms with Gasteiger partial charge in [-0.05, 0) is 25.0 Å². The molecule has 1 aliphatic heterocycles. The first-order valence-electron chi connectivity index (χ1n) is 6.16. The summed E-state index contributed by atoms with van der Waals surface area (Å²) < 4.78 is 27.7. The number of halogens is 2. The first-order chi connectivity index (χ1) is 9.40. The number of primary amides is 1. The van der Waals surface area contributed by atoms with Crippen LogP contribution in [0, 0.1) is 17.6 Å². The van der Waals surface area contributed by atoms with Crippen LogP contribution in [0.25, 0.3) is 0 Å². The van der Waals surface area contributed by atoms with Crippen LogP contribution in [-0.4, -0.2) is 30.1 Å². The van der Waals surface area contributed by atoms with Gasteiger partial charge < -0.3 is 15.7 Å². The highest BCUT2D eigenvalue weighted by Crippen LogP contribution is 2.29. The molecule has 0 unspecified atom stereocenters. The third-order valence-electron chi connectivity index (χ3n) is 3.48. The fraction of sp³-hybridized carbons (Fsp3) is 0.385. The lowest BCUT2D eigenvalue weighted by molar-refractivity contribution is -0.122. The second-order valence-electron chi connectivity index (χ2n) is 4.76. The molecule has 0 aliphatic carbocycles. The van der Waals surface area contributed by atoms with Crippen LogP contribution in [-0.2, 0) is 4.79 Å². The van der Waals surface area contributed by atoms with Crippen molar-refractivity contribution in [2.75, 3.05) is 18.0 Å². The van der Waals surface area contributed by atoms with Crippen LogP contribution in [0.5, 0.6) is 0 Å². The molecule has 1 fully saturated rings. The van der Waals surface area contributed by atoms with Gasteiger partial charge >= 0.3 is 5.97 Å². The van der Waals surface area contributed by atoms with E-state index in [-0.39, 0.29) is 11.6 Å². The minimum Gasteiger partial charge on any atom is -0.478 e. The molecular formula is C13H14F2N2O3. The van der Waals surface area contributed by atoms with Gasteiger partial charge in [-0.15, -0.1) is 0 Å². The molecule has 0 atom stereocenters. The van der Waals surface area contributed by atoms with E-state index in [0.717, 1.165) is 12.1 Å². The van der Waals surface area contributed by atoms with E-state index >= 15 is 0 Å². The minimum absolute atomic E-state index is 0.252. The van der Waals surface area contributed by atoms with Gasteiger partial charge in [0, 0.05) is 19.0 Å². The van der Waals surface area contributed by atoms with E-state index in [0.29, 0.717) is 25.9 Å². The lowest BCUT2D eigenvalue weighted by Crippen LogP contribution is -2.39. The average Bonchev–Trinajstić information content (AvgIpc) is 2.38. The Morgan fingerprint density at radius 3 is 2.10 bits per heavy atom. The summed E-state index contributed by atoms with van der Waals surface area (Å²) in [5.41, 5.74) is 4.51. The molecule has 0 radical (unpaired) electrons. The Kier molecular flexibility index (Phi) is 3.87. The predicted molar refractivity (Wildman–Crippen MR) is 67.4 cm³/mol. The van der Waals surface area contributed by atoms with Crippen LogP contribution in [0.3, 0.4) is 0 Å². The fourth-order valence-corrected chi connectivity index (χ4v) is 2.38. The maximum absolute atomic E-state index is 13.9. The molecule has 20 heavy (non-hydrogen) atoms. The summed E-state index contributed by atoms with van der Waals surface area (Å²) in [7, 11) is 0. The lowest BCUT2D eigenvalue weighted by Gasteiger charge is -2.32. The molecule has 1 amide bonds. The molecule has 1 saturated heterocycles. The number of piperidine rings is 1. The Morgan fingerprint density at radius 2 is 1.70 bits per heavy atom. The van der Waals surface area contributed by atoms with Crippen molar-refractivity contribution in [2.45, 2.75) is 12.8 Å². The summed E-state index contributed by atoms with van der Waals surface area (Å²) in [6.45, 7) is 0.599. The molecule has 5 nitrogen and oxygen atoms in total. The summed E-state index contributed by atoms with van der Waals surface area (Å²) >= 11 is 0. The molecule has 1 aromatic carbocycles. The predicted octanol–water partition coefficient (Wildman–Crippen LogP) is 1.36. The maximum atomic E-state index is 13.9. The van der Waals surface area contributed by atoms with Crippen LogP contribution in [0.15, 0.2) is 12.1 Å². The first-order valence-corrected chi connectivity index (χ1v) is 6.16. The summed E-state index contributed by atoms with van der Waals surface area (Å²) in [6.07, 6.45) is 0.851. The third kappa shape index (κ3) is 2.71. The van der Waals surface area contributed by atoms with Gasteiger partial charge in [0.05, 0.1) is 5.56 Å². The zero-order chi connectivity index (χ0) is 14.9. The largest absolute Gasteiger partial charge is 0.478 e. The number of benzene rings is 1. The monoisotopic (exact) mass is 284 g/mol. The topological polar surface area (TPSA) is 83.6 Å². The second-order valence-corrected chi connectivity index (χ2v) is 4.76. The highest BCUT2D eigenvalue weighted by atomic mass is 19.1. The smallest absolute Gasteiger partial charge is 0.335 e. The van der Waals surface area contributed by atoms with Crippen molar-refractivity contribution >= 4 is 17.6 Å². The summed E-state index contributed by atoms with van der Waals surface area (Å²) in [6, 6.07) is 1.59. The summed E-state index contributed by atoms with van der Waals surface area (Å²) in [4.78, 5) is 23.2. The molecule has 0 saturated carbocycles. The number of nitrogens with zero attached hydrogens (tertiary/aromatic N) is 1. The highest BCUT2D eigenvalue weighted by Gasteiger charge is 2.27. The van der Waals surface area contributed by atoms with Crippen molar-refractivity contribution in [3.8, 4) is 0 Å². The van der Waals surface area contributed by atoms with E-state index in [1.165, 1.54) is 4.90 Å². The van der Waals surface area contributed by atoms with E-state index in [4.69, 9.17) is 10.8 Å². The number of carbonyl (C=O) groups excluding carboxylic acids is 1. The molecular weight excluding hydrogens is 270 g/mol. The molecule has 1 aliphatic rings. The van der Waals surface area contributed by atoms with Crippen LogP contribution in [0.1, 0.15) is 23.2 Å². The van der Waals surface area contributed by atoms with Crippen LogP contribution < -0.4 is 10.6 Å². The first kappa shape index (κ1) is 14.2. The molecule has 0 aromatic heterocycles. The minimum atomic E-state index is -1.39. The van der Waals surface area contributed by atoms with Crippen molar-refractivity contribution in [2.24, 2.45) is 11.7 Å². The van der Waals surface area contributed by atoms with E-state index in [9.17, 15) is 18.4 Å². The summed E-state index contributed by atoms with van der Waals surface area (Å²) in [5.74, 6) is -3.91. The molecule has 3 N–H and O–H groups in total. The van der Waals surface area contributed by atoms with Gasteiger partial charge in [-0.1, -0.05) is 0 Å². The molecule has 1 heterocycles. The number of rotatable bonds is 3. The number of hydrogen-bond acceptors (Lipinski definition) is 3. The van der Waals surface area contributed by atoms with Crippen molar-refractivity contribution in [3.63, 3.8) is 0 Å². The van der Waals surface area contributed by atoms with E-state index < -0.39 is 29.1 Å². The van der Waals surface area contributed by atoms with Crippen LogP contribution >= 0.6 is 0 Å². The van der Waals surface area contributed by atoms with Crippen molar-refractivity contribution in [1.29, 1.82) is 0 Å². The highest BCUT2D eigenvalue weighted by molar-refractivity contribution is 5.88. The Bertz CT molecular complexity index is 532. The molecule has 0 spiro atoms. The van der Waals surface area contributed by atoms with Gasteiger partial charge in [0.2, 0.25) is 5.91 Å². The standard InChI is InChI=1S/C13H14F2N2O3/c14-9-5-8(13(19)20)6-10(15)11(9)17-3-1-7(2-4-17)12(16)18/h5-7H,1-4H2,(H2,16,18)(H,19,20). The molecule has 2 rings (SSSR count). The number of anilines is 1. The summed E-state index contributed by atoms with van der Waals surface area (Å²) in [5, 5.41) is 8.73. The van der Waals surface area contributed by atoms with Gasteiger partial charge in [0.1, 0.15) is 17.3 Å². The van der Waals surface area contributed by atoms with Gasteiger partial charge in [-0.2, -0.15) is 0 Å². The number of carboxylic acid groups (broad SMARTS) is 1. The van der Waals surface area contributed by atoms with Crippen molar-refractivity contribution in [1.82, 2.24) is 0 Å². The molecule has 108 valence electrons. The van der Waals surface area contributed by atoms with E-state index in [1.807, 2.05) is 0 Å². The van der Waals surface area contributed by atoms with Crippen LogP contribution in [0.2, 0.25) is 0 Å². The Hall–Kier alpha value is -2.18. The van der Waals surface area contributed by atoms with Crippen LogP contribution in [0.4, 0.5) is 14.5 Å². The Morgan fingerprint density at radius 1 is 1.20 bits per heavy atom. The number of hydrogen-bond donors (Lipinski definition) is 2. The normalized spacial score (nSPS) is 16.2. The molecule has 7 heteroatoms. The van der Waals surface area contributed by atoms with Gasteiger partial charge in [0.15, 0.2) is 0 Å². The fourth-order valence-electron chi connectivity index (χ4n) is 2.38. The van der Waals surface area contributed by atoms with Gasteiger partial charge in [0.25, 0.3) is 0 Å². The number of carboxylic acids is 1.